The van der Waals surface area contributed by atoms with Crippen molar-refractivity contribution < 1.29 is 24.9 Å². The summed E-state index contributed by atoms with van der Waals surface area (Å²) in [5.74, 6) is -0.0458. The minimum Gasteiger partial charge on any atom is -0.504 e. The maximum atomic E-state index is 11.4. The van der Waals surface area contributed by atoms with E-state index in [1.165, 1.54) is 12.1 Å². The van der Waals surface area contributed by atoms with Crippen molar-refractivity contribution in [3.05, 3.63) is 42.0 Å². The average molecular weight is 391 g/mol. The van der Waals surface area contributed by atoms with Gasteiger partial charge >= 0.3 is 5.97 Å². The third-order valence-electron chi connectivity index (χ3n) is 4.92. The number of likely N-dealkylation sites (N-methyl/N-ethyl adjacent to an activating group) is 1. The Morgan fingerprint density at radius 3 is 2.68 bits per heavy atom. The molecule has 3 rings (SSSR count). The summed E-state index contributed by atoms with van der Waals surface area (Å²) in [6.45, 7) is 3.00. The molecule has 1 aliphatic rings. The van der Waals surface area contributed by atoms with E-state index in [0.29, 0.717) is 24.6 Å². The number of carbonyl (C=O) groups excluding carboxylic acids is 1. The van der Waals surface area contributed by atoms with Crippen molar-refractivity contribution in [1.82, 2.24) is 14.9 Å². The van der Waals surface area contributed by atoms with Crippen molar-refractivity contribution in [2.45, 2.75) is 25.9 Å². The Balaban J connectivity index is 0.000000203. The van der Waals surface area contributed by atoms with E-state index >= 15 is 0 Å². The van der Waals surface area contributed by atoms with Crippen LogP contribution in [0.2, 0.25) is 0 Å². The zero-order valence-electron chi connectivity index (χ0n) is 16.5. The molecular weight excluding hydrogens is 362 g/mol. The lowest BCUT2D eigenvalue weighted by Gasteiger charge is -2.12. The number of rotatable bonds is 6. The normalized spacial score (nSPS) is 19.6. The van der Waals surface area contributed by atoms with Crippen LogP contribution in [-0.2, 0) is 23.0 Å². The number of phenols is 2. The molecule has 28 heavy (non-hydrogen) atoms. The monoisotopic (exact) mass is 391 g/mol. The van der Waals surface area contributed by atoms with Crippen LogP contribution in [-0.4, -0.2) is 51.0 Å². The summed E-state index contributed by atoms with van der Waals surface area (Å²) in [6.07, 6.45) is 4.71. The lowest BCUT2D eigenvalue weighted by atomic mass is 9.89. The van der Waals surface area contributed by atoms with Crippen LogP contribution in [0, 0.1) is 11.8 Å². The highest BCUT2D eigenvalue weighted by molar-refractivity contribution is 5.74. The molecule has 1 aliphatic heterocycles. The molecule has 2 heterocycles. The molecule has 0 bridgehead atoms. The van der Waals surface area contributed by atoms with Gasteiger partial charge in [0, 0.05) is 31.4 Å². The molecule has 1 aromatic heterocycles. The van der Waals surface area contributed by atoms with Crippen LogP contribution in [0.5, 0.6) is 11.5 Å². The number of esters is 1. The number of hydrogen-bond acceptors (Lipinski definition) is 7. The van der Waals surface area contributed by atoms with Gasteiger partial charge in [-0.15, -0.1) is 0 Å². The molecule has 8 nitrogen and oxygen atoms in total. The minimum absolute atomic E-state index is 0.0373. The summed E-state index contributed by atoms with van der Waals surface area (Å²) in [6, 6.07) is 4.26. The second-order valence-corrected chi connectivity index (χ2v) is 6.93. The van der Waals surface area contributed by atoms with Crippen LogP contribution in [0.15, 0.2) is 30.7 Å². The Labute approximate surface area is 164 Å². The summed E-state index contributed by atoms with van der Waals surface area (Å²) < 4.78 is 7.08. The molecule has 4 N–H and O–H groups in total. The first kappa shape index (κ1) is 21.7. The van der Waals surface area contributed by atoms with E-state index in [2.05, 4.69) is 10.3 Å². The van der Waals surface area contributed by atoms with Crippen LogP contribution in [0.4, 0.5) is 0 Å². The smallest absolute Gasteiger partial charge is 0.309 e. The zero-order valence-corrected chi connectivity index (χ0v) is 16.5. The molecule has 154 valence electrons. The van der Waals surface area contributed by atoms with Crippen molar-refractivity contribution >= 4 is 5.97 Å². The van der Waals surface area contributed by atoms with Gasteiger partial charge in [0.2, 0.25) is 0 Å². The molecule has 2 aromatic rings. The number of ether oxygens (including phenoxy) is 1. The topological polar surface area (TPSA) is 117 Å². The first-order valence-corrected chi connectivity index (χ1v) is 9.33. The summed E-state index contributed by atoms with van der Waals surface area (Å²) in [7, 11) is 3.70. The number of aliphatic hydroxyl groups is 1. The van der Waals surface area contributed by atoms with Crippen LogP contribution >= 0.6 is 0 Å². The number of hydrogen-bond donors (Lipinski definition) is 4. The molecule has 0 radical (unpaired) electrons. The summed E-state index contributed by atoms with van der Waals surface area (Å²) >= 11 is 0. The third kappa shape index (κ3) is 5.46. The fraction of sp³-hybridized carbons (Fsp3) is 0.500. The molecule has 1 saturated heterocycles. The number of benzene rings is 1. The van der Waals surface area contributed by atoms with Crippen LogP contribution in [0.25, 0.3) is 0 Å². The van der Waals surface area contributed by atoms with E-state index in [0.717, 1.165) is 18.5 Å². The van der Waals surface area contributed by atoms with E-state index < -0.39 is 6.10 Å². The average Bonchev–Trinajstić information content (AvgIpc) is 3.23. The van der Waals surface area contributed by atoms with E-state index in [1.54, 1.807) is 19.4 Å². The molecule has 1 aromatic carbocycles. The number of aromatic hydroxyl groups is 2. The summed E-state index contributed by atoms with van der Waals surface area (Å²) in [4.78, 5) is 15.5. The molecule has 0 saturated carbocycles. The van der Waals surface area contributed by atoms with Crippen molar-refractivity contribution in [2.75, 3.05) is 20.2 Å². The fourth-order valence-electron chi connectivity index (χ4n) is 3.21. The zero-order chi connectivity index (χ0) is 20.7. The van der Waals surface area contributed by atoms with Crippen LogP contribution < -0.4 is 5.32 Å². The van der Waals surface area contributed by atoms with Crippen molar-refractivity contribution in [2.24, 2.45) is 18.9 Å². The highest BCUT2D eigenvalue weighted by Crippen LogP contribution is 2.28. The minimum atomic E-state index is -0.670. The molecule has 1 fully saturated rings. The van der Waals surface area contributed by atoms with Gasteiger partial charge in [0.1, 0.15) is 0 Å². The van der Waals surface area contributed by atoms with Gasteiger partial charge in [-0.3, -0.25) is 4.79 Å². The maximum Gasteiger partial charge on any atom is 0.309 e. The van der Waals surface area contributed by atoms with Gasteiger partial charge in [-0.1, -0.05) is 13.0 Å². The van der Waals surface area contributed by atoms with Gasteiger partial charge in [-0.2, -0.15) is 0 Å². The Kier molecular flexibility index (Phi) is 7.83. The van der Waals surface area contributed by atoms with Crippen LogP contribution in [0.1, 0.15) is 30.7 Å². The van der Waals surface area contributed by atoms with Gasteiger partial charge in [-0.05, 0) is 37.6 Å². The van der Waals surface area contributed by atoms with Crippen LogP contribution in [0.3, 0.4) is 0 Å². The van der Waals surface area contributed by atoms with E-state index in [4.69, 9.17) is 14.9 Å². The number of imidazole rings is 1. The molecule has 0 spiro atoms. The molecule has 8 heteroatoms. The Morgan fingerprint density at radius 2 is 2.11 bits per heavy atom. The standard InChI is InChI=1S/C11H16N2O2.C9H13NO3/c1-3-10-8(6-15-11(10)14)4-9-5-12-7-13(9)2;1-10-5-9(13)6-2-3-7(11)8(12)4-6/h5,7-8,10H,3-4,6H2,1-2H3;2-4,9-13H,5H2,1H3/t8-,10-;9-/m00/s1. The lowest BCUT2D eigenvalue weighted by Crippen LogP contribution is -2.18. The molecule has 0 aliphatic carbocycles. The van der Waals surface area contributed by atoms with E-state index in [1.807, 2.05) is 24.7 Å². The van der Waals surface area contributed by atoms with Crippen molar-refractivity contribution in [3.63, 3.8) is 0 Å². The van der Waals surface area contributed by atoms with Gasteiger partial charge in [0.25, 0.3) is 0 Å². The number of phenolic OH excluding ortho intramolecular Hbond substituents is 2. The summed E-state index contributed by atoms with van der Waals surface area (Å²) in [5.41, 5.74) is 1.74. The second-order valence-electron chi connectivity index (χ2n) is 6.93. The molecule has 0 unspecified atom stereocenters. The van der Waals surface area contributed by atoms with Crippen molar-refractivity contribution in [1.29, 1.82) is 0 Å². The quantitative estimate of drug-likeness (QED) is 0.436. The predicted octanol–water partition coefficient (Wildman–Crippen LogP) is 1.51. The summed E-state index contributed by atoms with van der Waals surface area (Å²) in [5, 5.41) is 30.4. The Morgan fingerprint density at radius 1 is 1.36 bits per heavy atom. The number of aryl methyl sites for hydroxylation is 1. The predicted molar refractivity (Wildman–Crippen MR) is 104 cm³/mol. The number of nitrogens with one attached hydrogen (secondary N) is 1. The van der Waals surface area contributed by atoms with E-state index in [-0.39, 0.29) is 23.4 Å². The van der Waals surface area contributed by atoms with Gasteiger partial charge < -0.3 is 29.9 Å². The van der Waals surface area contributed by atoms with E-state index in [9.17, 15) is 9.90 Å². The fourth-order valence-corrected chi connectivity index (χ4v) is 3.21. The molecule has 0 amide bonds. The number of cyclic esters (lactones) is 1. The number of carbonyl (C=O) groups is 1. The molecule has 3 atom stereocenters. The van der Waals surface area contributed by atoms with Gasteiger partial charge in [-0.25, -0.2) is 4.98 Å². The SMILES string of the molecule is CC[C@@H]1C(=O)OC[C@@H]1Cc1cncn1C.CNC[C@H](O)c1ccc(O)c(O)c1. The number of aromatic nitrogens is 2. The highest BCUT2D eigenvalue weighted by Gasteiger charge is 2.35. The first-order valence-electron chi connectivity index (χ1n) is 9.33. The number of nitrogens with zero attached hydrogens (tertiary/aromatic N) is 2. The second kappa shape index (κ2) is 10.1. The Bertz CT molecular complexity index is 777. The van der Waals surface area contributed by atoms with Crippen molar-refractivity contribution in [3.8, 4) is 11.5 Å². The van der Waals surface area contributed by atoms with Gasteiger partial charge in [0.05, 0.1) is 25.0 Å². The van der Waals surface area contributed by atoms with Gasteiger partial charge in [0.15, 0.2) is 11.5 Å². The first-order chi connectivity index (χ1) is 13.4. The third-order valence-corrected chi connectivity index (χ3v) is 4.92. The largest absolute Gasteiger partial charge is 0.504 e. The maximum absolute atomic E-state index is 11.4. The Hall–Kier alpha value is -2.58. The molecular formula is C20H29N3O5. The lowest BCUT2D eigenvalue weighted by molar-refractivity contribution is -0.141. The number of aliphatic hydroxyl groups excluding tert-OH is 1. The highest BCUT2D eigenvalue weighted by atomic mass is 16.5.